The molecule has 0 heterocycles. The summed E-state index contributed by atoms with van der Waals surface area (Å²) in [5.74, 6) is 0. The number of hydrogen-bond donors (Lipinski definition) is 0. The van der Waals surface area contributed by atoms with Gasteiger partial charge in [0.1, 0.15) is 0 Å². The van der Waals surface area contributed by atoms with Gasteiger partial charge in [-0.25, -0.2) is 0 Å². The first kappa shape index (κ1) is 11.0. The molecule has 0 aliphatic rings. The molecule has 0 N–H and O–H groups in total. The van der Waals surface area contributed by atoms with Crippen molar-refractivity contribution in [2.45, 2.75) is 32.6 Å². The van der Waals surface area contributed by atoms with Crippen molar-refractivity contribution in [3.05, 3.63) is 24.3 Å². The van der Waals surface area contributed by atoms with Crippen LogP contribution in [0.4, 0.5) is 0 Å². The molecule has 0 atom stereocenters. The SMILES string of the molecule is CCC/C=C\C/C=C\CCBr. The summed E-state index contributed by atoms with van der Waals surface area (Å²) >= 11 is 3.37. The van der Waals surface area contributed by atoms with Crippen molar-refractivity contribution in [1.29, 1.82) is 0 Å². The molecular formula is C10H17Br. The Hall–Kier alpha value is -0.0400. The zero-order valence-electron chi connectivity index (χ0n) is 7.22. The molecule has 0 aliphatic carbocycles. The minimum atomic E-state index is 1.07. The first-order valence-corrected chi connectivity index (χ1v) is 5.40. The van der Waals surface area contributed by atoms with Crippen molar-refractivity contribution in [1.82, 2.24) is 0 Å². The molecular weight excluding hydrogens is 200 g/mol. The Morgan fingerprint density at radius 3 is 2.18 bits per heavy atom. The first-order chi connectivity index (χ1) is 5.41. The minimum Gasteiger partial charge on any atom is -0.0925 e. The van der Waals surface area contributed by atoms with E-state index in [-0.39, 0.29) is 0 Å². The Bertz CT molecular complexity index is 100. The Morgan fingerprint density at radius 1 is 1.00 bits per heavy atom. The number of unbranched alkanes of at least 4 members (excludes halogenated alkanes) is 1. The molecule has 0 bridgehead atoms. The van der Waals surface area contributed by atoms with E-state index < -0.39 is 0 Å². The van der Waals surface area contributed by atoms with Gasteiger partial charge < -0.3 is 0 Å². The zero-order chi connectivity index (χ0) is 8.36. The third-order valence-corrected chi connectivity index (χ3v) is 1.79. The van der Waals surface area contributed by atoms with E-state index in [1.54, 1.807) is 0 Å². The molecule has 0 aliphatic heterocycles. The lowest BCUT2D eigenvalue weighted by atomic mass is 10.2. The second-order valence-electron chi connectivity index (χ2n) is 2.44. The van der Waals surface area contributed by atoms with Crippen molar-refractivity contribution in [3.8, 4) is 0 Å². The monoisotopic (exact) mass is 216 g/mol. The topological polar surface area (TPSA) is 0 Å². The molecule has 0 spiro atoms. The van der Waals surface area contributed by atoms with Gasteiger partial charge in [-0.2, -0.15) is 0 Å². The Balaban J connectivity index is 3.11. The van der Waals surface area contributed by atoms with Crippen LogP contribution in [-0.4, -0.2) is 5.33 Å². The molecule has 0 nitrogen and oxygen atoms in total. The fraction of sp³-hybridized carbons (Fsp3) is 0.600. The maximum absolute atomic E-state index is 3.37. The smallest absolute Gasteiger partial charge is 0.00659 e. The highest BCUT2D eigenvalue weighted by Crippen LogP contribution is 1.94. The summed E-state index contributed by atoms with van der Waals surface area (Å²) in [7, 11) is 0. The van der Waals surface area contributed by atoms with E-state index >= 15 is 0 Å². The van der Waals surface area contributed by atoms with Crippen LogP contribution < -0.4 is 0 Å². The quantitative estimate of drug-likeness (QED) is 0.464. The maximum atomic E-state index is 3.37. The summed E-state index contributed by atoms with van der Waals surface area (Å²) in [4.78, 5) is 0. The van der Waals surface area contributed by atoms with Crippen molar-refractivity contribution >= 4 is 15.9 Å². The molecule has 0 aromatic heterocycles. The van der Waals surface area contributed by atoms with Crippen molar-refractivity contribution in [2.24, 2.45) is 0 Å². The molecule has 0 radical (unpaired) electrons. The van der Waals surface area contributed by atoms with Gasteiger partial charge in [0.15, 0.2) is 0 Å². The number of hydrogen-bond acceptors (Lipinski definition) is 0. The largest absolute Gasteiger partial charge is 0.0925 e. The van der Waals surface area contributed by atoms with E-state index in [2.05, 4.69) is 47.2 Å². The average Bonchev–Trinajstić information content (AvgIpc) is 2.03. The summed E-state index contributed by atoms with van der Waals surface area (Å²) in [6, 6.07) is 0. The third kappa shape index (κ3) is 9.96. The zero-order valence-corrected chi connectivity index (χ0v) is 8.81. The van der Waals surface area contributed by atoms with Crippen LogP contribution in [0.5, 0.6) is 0 Å². The molecule has 0 amide bonds. The maximum Gasteiger partial charge on any atom is 0.00659 e. The number of alkyl halides is 1. The van der Waals surface area contributed by atoms with E-state index in [0.29, 0.717) is 0 Å². The van der Waals surface area contributed by atoms with Crippen LogP contribution in [0.25, 0.3) is 0 Å². The van der Waals surface area contributed by atoms with Crippen LogP contribution >= 0.6 is 15.9 Å². The summed E-state index contributed by atoms with van der Waals surface area (Å²) in [6.45, 7) is 2.20. The highest BCUT2D eigenvalue weighted by molar-refractivity contribution is 9.09. The normalized spacial score (nSPS) is 11.8. The van der Waals surface area contributed by atoms with Crippen molar-refractivity contribution in [2.75, 3.05) is 5.33 Å². The van der Waals surface area contributed by atoms with Gasteiger partial charge in [-0.15, -0.1) is 0 Å². The van der Waals surface area contributed by atoms with Gasteiger partial charge in [-0.05, 0) is 19.3 Å². The van der Waals surface area contributed by atoms with Crippen LogP contribution in [0.1, 0.15) is 32.6 Å². The fourth-order valence-corrected chi connectivity index (χ4v) is 1.00. The van der Waals surface area contributed by atoms with Crippen LogP contribution in [0.3, 0.4) is 0 Å². The van der Waals surface area contributed by atoms with Gasteiger partial charge in [-0.3, -0.25) is 0 Å². The van der Waals surface area contributed by atoms with E-state index in [4.69, 9.17) is 0 Å². The van der Waals surface area contributed by atoms with Gasteiger partial charge in [-0.1, -0.05) is 53.6 Å². The summed E-state index contributed by atoms with van der Waals surface area (Å²) < 4.78 is 0. The summed E-state index contributed by atoms with van der Waals surface area (Å²) in [6.07, 6.45) is 13.6. The van der Waals surface area contributed by atoms with Crippen LogP contribution in [0.15, 0.2) is 24.3 Å². The van der Waals surface area contributed by atoms with E-state index in [1.807, 2.05) is 0 Å². The summed E-state index contributed by atoms with van der Waals surface area (Å²) in [5, 5.41) is 1.07. The number of halogens is 1. The molecule has 0 fully saturated rings. The molecule has 0 unspecified atom stereocenters. The highest BCUT2D eigenvalue weighted by Gasteiger charge is 1.74. The van der Waals surface area contributed by atoms with Crippen LogP contribution in [0.2, 0.25) is 0 Å². The predicted octanol–water partition coefficient (Wildman–Crippen LogP) is 4.07. The van der Waals surface area contributed by atoms with Crippen LogP contribution in [0, 0.1) is 0 Å². The summed E-state index contributed by atoms with van der Waals surface area (Å²) in [5.41, 5.74) is 0. The van der Waals surface area contributed by atoms with Gasteiger partial charge >= 0.3 is 0 Å². The molecule has 0 aromatic rings. The molecule has 0 rings (SSSR count). The fourth-order valence-electron chi connectivity index (χ4n) is 0.736. The Labute approximate surface area is 78.5 Å². The number of allylic oxidation sites excluding steroid dienone is 4. The second-order valence-corrected chi connectivity index (χ2v) is 3.24. The van der Waals surface area contributed by atoms with E-state index in [9.17, 15) is 0 Å². The van der Waals surface area contributed by atoms with Gasteiger partial charge in [0.05, 0.1) is 0 Å². The molecule has 0 saturated heterocycles. The first-order valence-electron chi connectivity index (χ1n) is 4.27. The van der Waals surface area contributed by atoms with Crippen LogP contribution in [-0.2, 0) is 0 Å². The Morgan fingerprint density at radius 2 is 1.64 bits per heavy atom. The minimum absolute atomic E-state index is 1.07. The van der Waals surface area contributed by atoms with Gasteiger partial charge in [0.25, 0.3) is 0 Å². The highest BCUT2D eigenvalue weighted by atomic mass is 79.9. The average molecular weight is 217 g/mol. The standard InChI is InChI=1S/C10H17Br/c1-2-3-4-5-6-7-8-9-10-11/h4-5,7-8H,2-3,6,9-10H2,1H3/b5-4-,8-7-. The lowest BCUT2D eigenvalue weighted by Crippen LogP contribution is -1.66. The third-order valence-electron chi connectivity index (χ3n) is 1.34. The molecule has 0 aromatic carbocycles. The van der Waals surface area contributed by atoms with E-state index in [0.717, 1.165) is 18.2 Å². The number of rotatable bonds is 6. The van der Waals surface area contributed by atoms with Gasteiger partial charge in [0.2, 0.25) is 0 Å². The van der Waals surface area contributed by atoms with Crippen molar-refractivity contribution in [3.63, 3.8) is 0 Å². The molecule has 64 valence electrons. The molecule has 1 heteroatoms. The van der Waals surface area contributed by atoms with E-state index in [1.165, 1.54) is 12.8 Å². The van der Waals surface area contributed by atoms with Gasteiger partial charge in [0, 0.05) is 5.33 Å². The second kappa shape index (κ2) is 9.96. The molecule has 0 saturated carbocycles. The lowest BCUT2D eigenvalue weighted by molar-refractivity contribution is 0.954. The predicted molar refractivity (Wildman–Crippen MR) is 56.2 cm³/mol. The van der Waals surface area contributed by atoms with Crippen molar-refractivity contribution < 1.29 is 0 Å². The Kier molecular flexibility index (Phi) is 9.92. The lowest BCUT2D eigenvalue weighted by Gasteiger charge is -1.84. The molecule has 11 heavy (non-hydrogen) atoms.